The summed E-state index contributed by atoms with van der Waals surface area (Å²) in [7, 11) is 8.45. The molecule has 2 radical (unpaired) electrons. The van der Waals surface area contributed by atoms with Gasteiger partial charge in [0, 0.05) is 62.4 Å². The lowest BCUT2D eigenvalue weighted by Gasteiger charge is -2.48. The second-order valence-corrected chi connectivity index (χ2v) is 14.7. The first-order valence-corrected chi connectivity index (χ1v) is 19.4. The molecule has 3 aromatic rings. The van der Waals surface area contributed by atoms with Gasteiger partial charge in [0.05, 0.1) is 60.5 Å². The standard InChI is InChI=1S/C37H44BN11O5.C2H6/c1-46-20-29-25(17-41-49(29)23-18-48(19-23)37(38,53)30-7-3-6-27(44-30)36(52)47-12-14-54-15-13-47)24-4-2-5-26(33(24)46)43-28(32(40)35(51)42-22-10-11-22)16-31(39)45-34(50)21-8-9-21;1-2/h2-7,16-17,21-23,43,53H,8-15,18-20,39-40H2,1H3,(H,42,51)(H,45,50);1-2H3/b31-16+,32-28+;. The SMILES string of the molecule is CC.[B]C(O)(c1cccc(C(=O)N2CCOCC2)n1)N1CC(n2ncc3c2CN(C)c2c(NC(/C=C(\N)NC(=O)C4CC4)=C(/N)C(=O)NC4CC4)cccc2-3)C1. The van der Waals surface area contributed by atoms with Crippen LogP contribution in [-0.2, 0) is 26.5 Å². The number of nitrogens with two attached hydrogens (primary N) is 2. The molecule has 2 aliphatic carbocycles. The van der Waals surface area contributed by atoms with Crippen LogP contribution in [0.3, 0.4) is 0 Å². The van der Waals surface area contributed by atoms with Crippen molar-refractivity contribution in [2.45, 2.75) is 63.8 Å². The number of aromatic nitrogens is 3. The number of benzene rings is 1. The maximum atomic E-state index is 13.1. The van der Waals surface area contributed by atoms with E-state index in [-0.39, 0.29) is 58.4 Å². The lowest BCUT2D eigenvalue weighted by molar-refractivity contribution is -0.121. The van der Waals surface area contributed by atoms with E-state index < -0.39 is 11.5 Å². The van der Waals surface area contributed by atoms with Crippen LogP contribution < -0.4 is 32.3 Å². The molecule has 1 aromatic carbocycles. The summed E-state index contributed by atoms with van der Waals surface area (Å²) in [6.07, 6.45) is 6.78. The first-order valence-electron chi connectivity index (χ1n) is 19.4. The average molecular weight is 764 g/mol. The molecule has 2 aromatic heterocycles. The van der Waals surface area contributed by atoms with Crippen LogP contribution >= 0.6 is 0 Å². The molecule has 16 nitrogen and oxygen atoms in total. The number of hydrogen-bond acceptors (Lipinski definition) is 12. The molecule has 5 heterocycles. The Balaban J connectivity index is 0.00000237. The molecule has 1 unspecified atom stereocenters. The van der Waals surface area contributed by atoms with E-state index >= 15 is 0 Å². The summed E-state index contributed by atoms with van der Waals surface area (Å²) in [5.74, 6) is -0.756. The molecule has 3 amide bonds. The van der Waals surface area contributed by atoms with Crippen molar-refractivity contribution in [3.63, 3.8) is 0 Å². The van der Waals surface area contributed by atoms with Crippen molar-refractivity contribution in [3.05, 3.63) is 83.0 Å². The number of fused-ring (bicyclic) bond motifs is 3. The fourth-order valence-electron chi connectivity index (χ4n) is 7.12. The Morgan fingerprint density at radius 3 is 2.43 bits per heavy atom. The second-order valence-electron chi connectivity index (χ2n) is 14.7. The quantitative estimate of drug-likeness (QED) is 0.0931. The fourth-order valence-corrected chi connectivity index (χ4v) is 7.12. The number of nitrogens with one attached hydrogen (secondary N) is 3. The van der Waals surface area contributed by atoms with E-state index in [2.05, 4.69) is 25.8 Å². The minimum atomic E-state index is -1.89. The largest absolute Gasteiger partial charge is 0.393 e. The maximum absolute atomic E-state index is 13.1. The third-order valence-corrected chi connectivity index (χ3v) is 10.6. The molecule has 3 aliphatic heterocycles. The van der Waals surface area contributed by atoms with Gasteiger partial charge in [-0.25, -0.2) is 4.98 Å². The van der Waals surface area contributed by atoms with Gasteiger partial charge in [0.25, 0.3) is 11.8 Å². The molecule has 2 saturated heterocycles. The van der Waals surface area contributed by atoms with Crippen molar-refractivity contribution in [2.24, 2.45) is 17.4 Å². The Morgan fingerprint density at radius 2 is 1.73 bits per heavy atom. The highest BCUT2D eigenvalue weighted by molar-refractivity contribution is 6.14. The van der Waals surface area contributed by atoms with Gasteiger partial charge < -0.3 is 47.1 Å². The van der Waals surface area contributed by atoms with E-state index in [1.165, 1.54) is 6.08 Å². The average Bonchev–Trinajstić information content (AvgIpc) is 4.13. The van der Waals surface area contributed by atoms with Crippen LogP contribution in [0, 0.1) is 5.92 Å². The summed E-state index contributed by atoms with van der Waals surface area (Å²) >= 11 is 0. The predicted molar refractivity (Wildman–Crippen MR) is 211 cm³/mol. The first kappa shape index (κ1) is 38.9. The van der Waals surface area contributed by atoms with Gasteiger partial charge in [-0.15, -0.1) is 0 Å². The van der Waals surface area contributed by atoms with E-state index in [0.29, 0.717) is 51.6 Å². The minimum Gasteiger partial charge on any atom is -0.393 e. The fraction of sp³-hybridized carbons (Fsp3) is 0.462. The van der Waals surface area contributed by atoms with Gasteiger partial charge in [-0.3, -0.25) is 24.0 Å². The summed E-state index contributed by atoms with van der Waals surface area (Å²) < 4.78 is 7.34. The van der Waals surface area contributed by atoms with Crippen molar-refractivity contribution in [3.8, 4) is 11.1 Å². The van der Waals surface area contributed by atoms with E-state index in [4.69, 9.17) is 29.1 Å². The zero-order valence-corrected chi connectivity index (χ0v) is 32.1. The van der Waals surface area contributed by atoms with E-state index in [1.54, 1.807) is 28.0 Å². The third-order valence-electron chi connectivity index (χ3n) is 10.6. The van der Waals surface area contributed by atoms with Crippen LogP contribution in [-0.4, -0.2) is 108 Å². The summed E-state index contributed by atoms with van der Waals surface area (Å²) in [5.41, 5.74) is 15.8. The number of morpholine rings is 1. The molecule has 4 fully saturated rings. The van der Waals surface area contributed by atoms with Crippen molar-refractivity contribution in [1.82, 2.24) is 35.2 Å². The lowest BCUT2D eigenvalue weighted by atomic mass is 9.82. The van der Waals surface area contributed by atoms with Gasteiger partial charge in [-0.1, -0.05) is 32.0 Å². The zero-order valence-electron chi connectivity index (χ0n) is 32.1. The van der Waals surface area contributed by atoms with Crippen LogP contribution in [0.25, 0.3) is 11.1 Å². The van der Waals surface area contributed by atoms with E-state index in [1.807, 2.05) is 50.0 Å². The zero-order chi connectivity index (χ0) is 39.7. The number of carbonyl (C=O) groups is 3. The van der Waals surface area contributed by atoms with Crippen molar-refractivity contribution < 1.29 is 24.2 Å². The summed E-state index contributed by atoms with van der Waals surface area (Å²) in [4.78, 5) is 48.5. The number of likely N-dealkylation sites (tertiary alicyclic amines) is 1. The number of allylic oxidation sites excluding steroid dienone is 1. The Labute approximate surface area is 327 Å². The second kappa shape index (κ2) is 16.0. The molecular weight excluding hydrogens is 713 g/mol. The first-order chi connectivity index (χ1) is 27.0. The topological polar surface area (TPSA) is 209 Å². The van der Waals surface area contributed by atoms with Crippen LogP contribution in [0.1, 0.15) is 67.4 Å². The van der Waals surface area contributed by atoms with Gasteiger partial charge in [0.15, 0.2) is 0 Å². The molecule has 0 bridgehead atoms. The number of pyridine rings is 1. The number of para-hydroxylation sites is 1. The normalized spacial score (nSPS) is 19.9. The highest BCUT2D eigenvalue weighted by atomic mass is 16.5. The summed E-state index contributed by atoms with van der Waals surface area (Å²) in [6.45, 7) is 7.24. The Bertz CT molecular complexity index is 2050. The monoisotopic (exact) mass is 763 g/mol. The van der Waals surface area contributed by atoms with Gasteiger partial charge in [0.1, 0.15) is 30.7 Å². The molecule has 8 N–H and O–H groups in total. The van der Waals surface area contributed by atoms with Gasteiger partial charge in [0.2, 0.25) is 5.91 Å². The smallest absolute Gasteiger partial charge is 0.272 e. The number of anilines is 2. The van der Waals surface area contributed by atoms with Crippen molar-refractivity contribution >= 4 is 36.9 Å². The molecule has 0 spiro atoms. The van der Waals surface area contributed by atoms with Crippen LogP contribution in [0.5, 0.6) is 0 Å². The highest BCUT2D eigenvalue weighted by Gasteiger charge is 2.43. The molecule has 56 heavy (non-hydrogen) atoms. The molecular formula is C39H50BN11O5. The van der Waals surface area contributed by atoms with E-state index in [9.17, 15) is 19.5 Å². The Morgan fingerprint density at radius 1 is 1.02 bits per heavy atom. The number of amides is 3. The third kappa shape index (κ3) is 7.97. The number of aliphatic hydroxyl groups is 1. The van der Waals surface area contributed by atoms with Crippen molar-refractivity contribution in [1.29, 1.82) is 0 Å². The van der Waals surface area contributed by atoms with Crippen LogP contribution in [0.4, 0.5) is 11.4 Å². The number of hydrogen-bond donors (Lipinski definition) is 6. The Kier molecular flexibility index (Phi) is 11.1. The number of carbonyl (C=O) groups excluding carboxylic acids is 3. The molecule has 294 valence electrons. The molecule has 8 rings (SSSR count). The van der Waals surface area contributed by atoms with Crippen LogP contribution in [0.15, 0.2) is 65.9 Å². The molecule has 1 atom stereocenters. The minimum absolute atomic E-state index is 0.0462. The van der Waals surface area contributed by atoms with Gasteiger partial charge in [-0.2, -0.15) is 5.10 Å². The lowest BCUT2D eigenvalue weighted by Crippen LogP contribution is -2.59. The maximum Gasteiger partial charge on any atom is 0.272 e. The summed E-state index contributed by atoms with van der Waals surface area (Å²) in [5, 5.41) is 25.3. The number of ether oxygens (including phenoxy) is 1. The van der Waals surface area contributed by atoms with Gasteiger partial charge in [-0.05, 0) is 43.9 Å². The molecule has 5 aliphatic rings. The molecule has 2 saturated carbocycles. The number of nitrogens with zero attached hydrogens (tertiary/aromatic N) is 6. The van der Waals surface area contributed by atoms with E-state index in [0.717, 1.165) is 48.2 Å². The Hall–Kier alpha value is -5.39. The number of rotatable bonds is 11. The predicted octanol–water partition coefficient (Wildman–Crippen LogP) is 1.41. The molecule has 17 heteroatoms. The highest BCUT2D eigenvalue weighted by Crippen LogP contribution is 2.45. The summed E-state index contributed by atoms with van der Waals surface area (Å²) in [6, 6.07) is 10.8. The van der Waals surface area contributed by atoms with Gasteiger partial charge >= 0.3 is 0 Å². The van der Waals surface area contributed by atoms with Crippen molar-refractivity contribution in [2.75, 3.05) is 56.7 Å². The van der Waals surface area contributed by atoms with Crippen LogP contribution in [0.2, 0.25) is 0 Å².